The van der Waals surface area contributed by atoms with Gasteiger partial charge in [0.2, 0.25) is 0 Å². The summed E-state index contributed by atoms with van der Waals surface area (Å²) < 4.78 is 5.93. The molecule has 1 aromatic carbocycles. The monoisotopic (exact) mass is 616 g/mol. The first-order valence-corrected chi connectivity index (χ1v) is 15.7. The summed E-state index contributed by atoms with van der Waals surface area (Å²) in [6, 6.07) is 9.30. The summed E-state index contributed by atoms with van der Waals surface area (Å²) in [5.74, 6) is 3.62. The SMILES string of the molecule is COC[C@H]1CC[C@]2(C)C3CC[C@]4(C)C([C@@H](C)NC(=O)c5ccc(C#N)cc5)CCC[C@H]4[C@]3(I)CC[C@@H]2C1. The van der Waals surface area contributed by atoms with E-state index in [4.69, 9.17) is 10.00 Å². The molecule has 1 N–H and O–H groups in total. The Balaban J connectivity index is 1.34. The average molecular weight is 617 g/mol. The topological polar surface area (TPSA) is 62.1 Å². The molecule has 0 saturated heterocycles. The maximum absolute atomic E-state index is 13.1. The fourth-order valence-electron chi connectivity index (χ4n) is 9.88. The van der Waals surface area contributed by atoms with Gasteiger partial charge in [0.1, 0.15) is 0 Å². The van der Waals surface area contributed by atoms with Gasteiger partial charge in [-0.25, -0.2) is 0 Å². The van der Waals surface area contributed by atoms with Crippen molar-refractivity contribution in [3.05, 3.63) is 35.4 Å². The fraction of sp³-hybridized carbons (Fsp3) is 0.750. The van der Waals surface area contributed by atoms with Crippen LogP contribution in [0.4, 0.5) is 0 Å². The lowest BCUT2D eigenvalue weighted by molar-refractivity contribution is -0.128. The highest BCUT2D eigenvalue weighted by Gasteiger charge is 2.65. The number of alkyl halides is 1. The molecule has 5 heteroatoms. The third-order valence-corrected chi connectivity index (χ3v) is 13.8. The lowest BCUT2D eigenvalue weighted by atomic mass is 9.41. The van der Waals surface area contributed by atoms with Crippen molar-refractivity contribution < 1.29 is 9.53 Å². The largest absolute Gasteiger partial charge is 0.384 e. The predicted octanol–water partition coefficient (Wildman–Crippen LogP) is 7.55. The molecule has 202 valence electrons. The maximum Gasteiger partial charge on any atom is 0.251 e. The number of carbonyl (C=O) groups excluding carboxylic acids is 1. The molecule has 5 rings (SSSR count). The van der Waals surface area contributed by atoms with Crippen molar-refractivity contribution in [1.29, 1.82) is 5.26 Å². The van der Waals surface area contributed by atoms with Gasteiger partial charge in [-0.1, -0.05) is 42.9 Å². The van der Waals surface area contributed by atoms with Gasteiger partial charge in [-0.15, -0.1) is 0 Å². The maximum atomic E-state index is 13.1. The summed E-state index contributed by atoms with van der Waals surface area (Å²) in [6.07, 6.45) is 13.2. The van der Waals surface area contributed by atoms with Gasteiger partial charge in [0.25, 0.3) is 5.91 Å². The lowest BCUT2D eigenvalue weighted by Gasteiger charge is -2.68. The van der Waals surface area contributed by atoms with Crippen molar-refractivity contribution in [2.45, 2.75) is 94.4 Å². The summed E-state index contributed by atoms with van der Waals surface area (Å²) in [6.45, 7) is 8.40. The highest BCUT2D eigenvalue weighted by molar-refractivity contribution is 14.1. The molecule has 9 atom stereocenters. The zero-order chi connectivity index (χ0) is 26.4. The molecule has 4 nitrogen and oxygen atoms in total. The van der Waals surface area contributed by atoms with Gasteiger partial charge < -0.3 is 10.1 Å². The summed E-state index contributed by atoms with van der Waals surface area (Å²) in [5.41, 5.74) is 1.97. The number of benzene rings is 1. The number of hydrogen-bond acceptors (Lipinski definition) is 3. The van der Waals surface area contributed by atoms with Crippen LogP contribution in [0.1, 0.15) is 101 Å². The fourth-order valence-corrected chi connectivity index (χ4v) is 12.2. The van der Waals surface area contributed by atoms with E-state index < -0.39 is 0 Å². The quantitative estimate of drug-likeness (QED) is 0.275. The molecule has 2 unspecified atom stereocenters. The Morgan fingerprint density at radius 3 is 2.49 bits per heavy atom. The van der Waals surface area contributed by atoms with E-state index in [-0.39, 0.29) is 17.4 Å². The number of nitrogens with zero attached hydrogens (tertiary/aromatic N) is 1. The van der Waals surface area contributed by atoms with Crippen LogP contribution in [0.3, 0.4) is 0 Å². The van der Waals surface area contributed by atoms with Crippen LogP contribution in [0.25, 0.3) is 0 Å². The minimum atomic E-state index is -0.0126. The van der Waals surface area contributed by atoms with Crippen LogP contribution in [-0.2, 0) is 4.74 Å². The van der Waals surface area contributed by atoms with Gasteiger partial charge in [0.15, 0.2) is 0 Å². The smallest absolute Gasteiger partial charge is 0.251 e. The molecule has 1 aromatic rings. The Labute approximate surface area is 237 Å². The molecular weight excluding hydrogens is 571 g/mol. The Hall–Kier alpha value is -1.13. The third-order valence-electron chi connectivity index (χ3n) is 11.7. The molecule has 1 amide bonds. The van der Waals surface area contributed by atoms with Crippen molar-refractivity contribution in [2.24, 2.45) is 40.4 Å². The van der Waals surface area contributed by atoms with Gasteiger partial charge in [-0.2, -0.15) is 5.26 Å². The van der Waals surface area contributed by atoms with Gasteiger partial charge in [0, 0.05) is 28.7 Å². The number of methoxy groups -OCH3 is 1. The van der Waals surface area contributed by atoms with Crippen LogP contribution in [0.15, 0.2) is 24.3 Å². The van der Waals surface area contributed by atoms with E-state index in [1.165, 1.54) is 64.2 Å². The highest BCUT2D eigenvalue weighted by atomic mass is 127. The first kappa shape index (κ1) is 27.4. The predicted molar refractivity (Wildman–Crippen MR) is 157 cm³/mol. The van der Waals surface area contributed by atoms with Crippen LogP contribution in [0.5, 0.6) is 0 Å². The minimum absolute atomic E-state index is 0.0126. The van der Waals surface area contributed by atoms with Crippen LogP contribution in [0, 0.1) is 51.8 Å². The number of carbonyl (C=O) groups is 1. The summed E-state index contributed by atoms with van der Waals surface area (Å²) in [7, 11) is 1.86. The summed E-state index contributed by atoms with van der Waals surface area (Å²) >= 11 is 2.97. The van der Waals surface area contributed by atoms with Gasteiger partial charge >= 0.3 is 0 Å². The molecule has 0 aliphatic heterocycles. The summed E-state index contributed by atoms with van der Waals surface area (Å²) in [4.78, 5) is 13.1. The first-order chi connectivity index (χ1) is 17.7. The second-order valence-corrected chi connectivity index (χ2v) is 15.4. The van der Waals surface area contributed by atoms with Gasteiger partial charge in [0.05, 0.1) is 11.6 Å². The van der Waals surface area contributed by atoms with E-state index in [2.05, 4.69) is 54.7 Å². The standard InChI is InChI=1S/C32H45IN2O2/c1-21(35-29(36)24-10-8-22(19-34)9-11-24)26-6-5-7-27-31(26,3)16-14-28-30(2)15-12-23(20-37-4)18-25(30)13-17-32(27,28)33/h8-11,21,23,25-28H,5-7,12-18,20H2,1-4H3,(H,35,36)/t21-,23+,25-,26?,27-,28?,30+,31-,32-/m1/s1. The molecule has 4 aliphatic rings. The van der Waals surface area contributed by atoms with Crippen molar-refractivity contribution in [3.8, 4) is 6.07 Å². The van der Waals surface area contributed by atoms with E-state index in [0.29, 0.717) is 25.9 Å². The van der Waals surface area contributed by atoms with E-state index >= 15 is 0 Å². The van der Waals surface area contributed by atoms with E-state index in [1.807, 2.05) is 7.11 Å². The van der Waals surface area contributed by atoms with E-state index in [0.717, 1.165) is 30.3 Å². The molecule has 4 saturated carbocycles. The number of hydrogen-bond donors (Lipinski definition) is 1. The molecule has 0 aromatic heterocycles. The van der Waals surface area contributed by atoms with Crippen molar-refractivity contribution >= 4 is 28.5 Å². The van der Waals surface area contributed by atoms with Crippen LogP contribution < -0.4 is 5.32 Å². The zero-order valence-corrected chi connectivity index (χ0v) is 25.4. The number of nitriles is 1. The second kappa shape index (κ2) is 10.5. The van der Waals surface area contributed by atoms with Crippen LogP contribution in [0.2, 0.25) is 0 Å². The number of amides is 1. The van der Waals surface area contributed by atoms with E-state index in [1.54, 1.807) is 24.3 Å². The zero-order valence-electron chi connectivity index (χ0n) is 23.2. The highest BCUT2D eigenvalue weighted by Crippen LogP contribution is 2.71. The van der Waals surface area contributed by atoms with Gasteiger partial charge in [-0.05, 0) is 129 Å². The second-order valence-electron chi connectivity index (χ2n) is 13.4. The van der Waals surface area contributed by atoms with Crippen LogP contribution in [-0.4, -0.2) is 29.1 Å². The van der Waals surface area contributed by atoms with Crippen molar-refractivity contribution in [3.63, 3.8) is 0 Å². The Morgan fingerprint density at radius 1 is 1.08 bits per heavy atom. The average Bonchev–Trinajstić information content (AvgIpc) is 2.88. The molecule has 37 heavy (non-hydrogen) atoms. The summed E-state index contributed by atoms with van der Waals surface area (Å²) in [5, 5.41) is 12.5. The molecular formula is C32H45IN2O2. The number of ether oxygens (including phenoxy) is 1. The lowest BCUT2D eigenvalue weighted by Crippen LogP contribution is -2.64. The Morgan fingerprint density at radius 2 is 1.78 bits per heavy atom. The van der Waals surface area contributed by atoms with Crippen molar-refractivity contribution in [1.82, 2.24) is 5.32 Å². The number of nitrogens with one attached hydrogen (secondary N) is 1. The van der Waals surface area contributed by atoms with Crippen LogP contribution >= 0.6 is 22.6 Å². The number of fused-ring (bicyclic) bond motifs is 5. The normalized spacial score (nSPS) is 41.9. The molecule has 4 fully saturated rings. The molecule has 4 aliphatic carbocycles. The number of rotatable bonds is 5. The van der Waals surface area contributed by atoms with Gasteiger partial charge in [-0.3, -0.25) is 4.79 Å². The third kappa shape index (κ3) is 4.66. The molecule has 0 heterocycles. The minimum Gasteiger partial charge on any atom is -0.384 e. The van der Waals surface area contributed by atoms with E-state index in [9.17, 15) is 4.79 Å². The molecule has 0 spiro atoms. The first-order valence-electron chi connectivity index (χ1n) is 14.6. The molecule has 0 bridgehead atoms. The number of halogens is 1. The Kier molecular flexibility index (Phi) is 7.75. The Bertz CT molecular complexity index is 1040. The molecule has 0 radical (unpaired) electrons. The van der Waals surface area contributed by atoms with Crippen molar-refractivity contribution in [2.75, 3.05) is 13.7 Å².